The quantitative estimate of drug-likeness (QED) is 0.813. The number of piperazine rings is 1. The second kappa shape index (κ2) is 5.23. The van der Waals surface area contributed by atoms with Crippen molar-refractivity contribution in [3.8, 4) is 0 Å². The molecular weight excluding hydrogens is 238 g/mol. The van der Waals surface area contributed by atoms with Gasteiger partial charge in [-0.3, -0.25) is 9.80 Å². The Morgan fingerprint density at radius 2 is 2.05 bits per heavy atom. The zero-order valence-electron chi connectivity index (χ0n) is 12.2. The number of likely N-dealkylation sites (N-methyl/N-ethyl adjacent to an activating group) is 1. The Bertz CT molecular complexity index is 417. The van der Waals surface area contributed by atoms with Crippen LogP contribution >= 0.6 is 0 Å². The minimum atomic E-state index is 0.540. The first-order valence-electron chi connectivity index (χ1n) is 7.32. The predicted molar refractivity (Wildman–Crippen MR) is 76.0 cm³/mol. The van der Waals surface area contributed by atoms with Crippen LogP contribution in [0.5, 0.6) is 0 Å². The number of imidazole rings is 1. The van der Waals surface area contributed by atoms with E-state index in [2.05, 4.69) is 46.0 Å². The summed E-state index contributed by atoms with van der Waals surface area (Å²) in [5.41, 5.74) is 2.51. The first-order chi connectivity index (χ1) is 9.13. The Morgan fingerprint density at radius 3 is 2.79 bits per heavy atom. The Kier molecular flexibility index (Phi) is 3.60. The van der Waals surface area contributed by atoms with E-state index >= 15 is 0 Å². The summed E-state index contributed by atoms with van der Waals surface area (Å²) in [5.74, 6) is 0. The van der Waals surface area contributed by atoms with Gasteiger partial charge in [-0.15, -0.1) is 0 Å². The molecule has 0 aliphatic carbocycles. The number of fused-ring (bicyclic) bond motifs is 1. The smallest absolute Gasteiger partial charge is 0.0925 e. The van der Waals surface area contributed by atoms with Crippen LogP contribution in [0.4, 0.5) is 0 Å². The first kappa shape index (κ1) is 13.1. The maximum atomic E-state index is 4.42. The molecule has 0 aromatic carbocycles. The predicted octanol–water partition coefficient (Wildman–Crippen LogP) is 0.448. The lowest BCUT2D eigenvalue weighted by molar-refractivity contribution is 0.0536. The molecule has 1 fully saturated rings. The molecule has 5 nitrogen and oxygen atoms in total. The van der Waals surface area contributed by atoms with Crippen LogP contribution in [-0.4, -0.2) is 64.6 Å². The van der Waals surface area contributed by atoms with Gasteiger partial charge in [0, 0.05) is 50.7 Å². The molecule has 0 amide bonds. The lowest BCUT2D eigenvalue weighted by Crippen LogP contribution is -2.57. The summed E-state index contributed by atoms with van der Waals surface area (Å²) in [5, 5.41) is 3.62. The van der Waals surface area contributed by atoms with E-state index in [1.165, 1.54) is 24.5 Å². The minimum absolute atomic E-state index is 0.540. The molecule has 3 atom stereocenters. The molecule has 2 N–H and O–H groups in total. The van der Waals surface area contributed by atoms with Gasteiger partial charge in [-0.05, 0) is 20.9 Å². The van der Waals surface area contributed by atoms with Gasteiger partial charge in [0.25, 0.3) is 0 Å². The lowest BCUT2D eigenvalue weighted by Gasteiger charge is -2.43. The van der Waals surface area contributed by atoms with Gasteiger partial charge < -0.3 is 10.3 Å². The maximum absolute atomic E-state index is 4.42. The standard InChI is InChI=1S/C14H25N5/c1-10-6-19(7-11(2)18(10)3)8-12-4-13-14(5-15-12)17-9-16-13/h9-12,15H,4-8H2,1-3H3,(H,16,17). The van der Waals surface area contributed by atoms with Crippen LogP contribution in [0.1, 0.15) is 25.2 Å². The van der Waals surface area contributed by atoms with Crippen molar-refractivity contribution >= 4 is 0 Å². The molecule has 1 saturated heterocycles. The third kappa shape index (κ3) is 2.68. The fourth-order valence-corrected chi connectivity index (χ4v) is 3.33. The highest BCUT2D eigenvalue weighted by atomic mass is 15.3. The summed E-state index contributed by atoms with van der Waals surface area (Å²) >= 11 is 0. The van der Waals surface area contributed by atoms with E-state index in [0.717, 1.165) is 19.5 Å². The summed E-state index contributed by atoms with van der Waals surface area (Å²) in [7, 11) is 2.24. The lowest BCUT2D eigenvalue weighted by atomic mass is 10.0. The molecule has 0 saturated carbocycles. The fraction of sp³-hybridized carbons (Fsp3) is 0.786. The molecule has 2 aliphatic rings. The van der Waals surface area contributed by atoms with E-state index in [-0.39, 0.29) is 0 Å². The molecule has 5 heteroatoms. The van der Waals surface area contributed by atoms with E-state index in [1.54, 1.807) is 0 Å². The Hall–Kier alpha value is -0.910. The third-order valence-electron chi connectivity index (χ3n) is 4.73. The molecular formula is C14H25N5. The van der Waals surface area contributed by atoms with Gasteiger partial charge in [-0.2, -0.15) is 0 Å². The van der Waals surface area contributed by atoms with Crippen molar-refractivity contribution in [2.75, 3.05) is 26.7 Å². The van der Waals surface area contributed by atoms with E-state index in [1.807, 2.05) is 6.33 Å². The van der Waals surface area contributed by atoms with Crippen LogP contribution in [0.15, 0.2) is 6.33 Å². The summed E-state index contributed by atoms with van der Waals surface area (Å²) in [6, 6.07) is 1.83. The van der Waals surface area contributed by atoms with Gasteiger partial charge in [0.1, 0.15) is 0 Å². The van der Waals surface area contributed by atoms with Gasteiger partial charge in [0.15, 0.2) is 0 Å². The van der Waals surface area contributed by atoms with Gasteiger partial charge >= 0.3 is 0 Å². The second-order valence-corrected chi connectivity index (χ2v) is 6.19. The summed E-state index contributed by atoms with van der Waals surface area (Å²) in [4.78, 5) is 12.7. The van der Waals surface area contributed by atoms with Crippen LogP contribution in [0.3, 0.4) is 0 Å². The van der Waals surface area contributed by atoms with Crippen molar-refractivity contribution in [2.24, 2.45) is 0 Å². The van der Waals surface area contributed by atoms with Crippen LogP contribution in [-0.2, 0) is 13.0 Å². The average molecular weight is 263 g/mol. The first-order valence-corrected chi connectivity index (χ1v) is 7.32. The van der Waals surface area contributed by atoms with Crippen LogP contribution < -0.4 is 5.32 Å². The summed E-state index contributed by atoms with van der Waals surface area (Å²) in [6.07, 6.45) is 2.86. The minimum Gasteiger partial charge on any atom is -0.347 e. The zero-order valence-corrected chi connectivity index (χ0v) is 12.2. The van der Waals surface area contributed by atoms with E-state index in [9.17, 15) is 0 Å². The van der Waals surface area contributed by atoms with Gasteiger partial charge in [0.2, 0.25) is 0 Å². The monoisotopic (exact) mass is 263 g/mol. The molecule has 0 bridgehead atoms. The highest BCUT2D eigenvalue weighted by Gasteiger charge is 2.29. The van der Waals surface area contributed by atoms with E-state index in [4.69, 9.17) is 0 Å². The Labute approximate surface area is 115 Å². The molecule has 1 aromatic heterocycles. The molecule has 106 valence electrons. The molecule has 1 aromatic rings. The number of rotatable bonds is 2. The number of nitrogens with one attached hydrogen (secondary N) is 2. The van der Waals surface area contributed by atoms with E-state index in [0.29, 0.717) is 18.1 Å². The van der Waals surface area contributed by atoms with Crippen molar-refractivity contribution in [3.05, 3.63) is 17.7 Å². The van der Waals surface area contributed by atoms with Crippen molar-refractivity contribution in [1.82, 2.24) is 25.1 Å². The molecule has 3 rings (SSSR count). The molecule has 3 heterocycles. The van der Waals surface area contributed by atoms with Crippen molar-refractivity contribution in [3.63, 3.8) is 0 Å². The van der Waals surface area contributed by atoms with Crippen molar-refractivity contribution in [2.45, 2.75) is 44.9 Å². The van der Waals surface area contributed by atoms with Gasteiger partial charge in [-0.1, -0.05) is 0 Å². The average Bonchev–Trinajstić information content (AvgIpc) is 2.83. The van der Waals surface area contributed by atoms with E-state index < -0.39 is 0 Å². The fourth-order valence-electron chi connectivity index (χ4n) is 3.33. The number of nitrogens with zero attached hydrogens (tertiary/aromatic N) is 3. The zero-order chi connectivity index (χ0) is 13.4. The largest absolute Gasteiger partial charge is 0.347 e. The number of H-pyrrole nitrogens is 1. The van der Waals surface area contributed by atoms with Crippen LogP contribution in [0.2, 0.25) is 0 Å². The number of aromatic amines is 1. The molecule has 3 unspecified atom stereocenters. The van der Waals surface area contributed by atoms with Crippen LogP contribution in [0.25, 0.3) is 0 Å². The molecule has 0 spiro atoms. The molecule has 2 aliphatic heterocycles. The Morgan fingerprint density at radius 1 is 1.32 bits per heavy atom. The van der Waals surface area contributed by atoms with Gasteiger partial charge in [0.05, 0.1) is 17.7 Å². The maximum Gasteiger partial charge on any atom is 0.0925 e. The summed E-state index contributed by atoms with van der Waals surface area (Å²) < 4.78 is 0. The van der Waals surface area contributed by atoms with Gasteiger partial charge in [-0.25, -0.2) is 4.98 Å². The van der Waals surface area contributed by atoms with Crippen LogP contribution in [0, 0.1) is 0 Å². The highest BCUT2D eigenvalue weighted by Crippen LogP contribution is 2.17. The second-order valence-electron chi connectivity index (χ2n) is 6.19. The Balaban J connectivity index is 1.58. The SMILES string of the molecule is CC1CN(CC2Cc3nc[nH]c3CN2)CC(C)N1C. The number of aromatic nitrogens is 2. The van der Waals surface area contributed by atoms with Crippen molar-refractivity contribution < 1.29 is 0 Å². The van der Waals surface area contributed by atoms with Crippen molar-refractivity contribution in [1.29, 1.82) is 0 Å². The normalized spacial score (nSPS) is 33.3. The molecule has 0 radical (unpaired) electrons. The molecule has 19 heavy (non-hydrogen) atoms. The third-order valence-corrected chi connectivity index (χ3v) is 4.73. The topological polar surface area (TPSA) is 47.2 Å². The highest BCUT2D eigenvalue weighted by molar-refractivity contribution is 5.16. The summed E-state index contributed by atoms with van der Waals surface area (Å²) in [6.45, 7) is 9.05. The number of hydrogen-bond donors (Lipinski definition) is 2. The number of hydrogen-bond acceptors (Lipinski definition) is 4.